The zero-order chi connectivity index (χ0) is 20.6. The molecule has 0 aromatic heterocycles. The Labute approximate surface area is 166 Å². The van der Waals surface area contributed by atoms with Gasteiger partial charge >= 0.3 is 0 Å². The van der Waals surface area contributed by atoms with Crippen LogP contribution in [-0.4, -0.2) is 40.6 Å². The lowest BCUT2D eigenvalue weighted by Crippen LogP contribution is -2.36. The quantitative estimate of drug-likeness (QED) is 0.590. The maximum Gasteiger partial charge on any atom is 0.257 e. The number of sulfonamides is 1. The summed E-state index contributed by atoms with van der Waals surface area (Å²) in [6, 6.07) is 11.8. The van der Waals surface area contributed by atoms with Gasteiger partial charge in [0.05, 0.1) is 11.5 Å². The van der Waals surface area contributed by atoms with Gasteiger partial charge in [0, 0.05) is 13.1 Å². The molecule has 8 heteroatoms. The van der Waals surface area contributed by atoms with E-state index in [4.69, 9.17) is 9.47 Å². The lowest BCUT2D eigenvalue weighted by atomic mass is 10.1. The molecule has 0 fully saturated rings. The molecule has 152 valence electrons. The molecule has 28 heavy (non-hydrogen) atoms. The van der Waals surface area contributed by atoms with Crippen molar-refractivity contribution in [2.75, 3.05) is 26.3 Å². The van der Waals surface area contributed by atoms with Gasteiger partial charge in [0.25, 0.3) is 5.91 Å². The molecule has 0 unspecified atom stereocenters. The first-order valence-corrected chi connectivity index (χ1v) is 10.5. The monoisotopic (exact) mass is 406 g/mol. The van der Waals surface area contributed by atoms with E-state index >= 15 is 0 Å². The minimum atomic E-state index is -3.64. The maximum absolute atomic E-state index is 12.2. The van der Waals surface area contributed by atoms with E-state index in [0.717, 1.165) is 11.1 Å². The van der Waals surface area contributed by atoms with Crippen LogP contribution in [0.4, 0.5) is 0 Å². The maximum atomic E-state index is 12.2. The molecular weight excluding hydrogens is 380 g/mol. The van der Waals surface area contributed by atoms with Crippen LogP contribution < -0.4 is 19.5 Å². The zero-order valence-corrected chi connectivity index (χ0v) is 17.1. The van der Waals surface area contributed by atoms with Crippen molar-refractivity contribution < 1.29 is 22.7 Å². The fourth-order valence-electron chi connectivity index (χ4n) is 2.43. The summed E-state index contributed by atoms with van der Waals surface area (Å²) >= 11 is 0. The Morgan fingerprint density at radius 2 is 1.71 bits per heavy atom. The molecular formula is C20H26N2O5S. The molecule has 2 aromatic carbocycles. The SMILES string of the molecule is CCOc1ccc(S(=O)(=O)NCCNC(=O)COc2cccc(C)c2C)cc1. The van der Waals surface area contributed by atoms with Crippen LogP contribution in [-0.2, 0) is 14.8 Å². The highest BCUT2D eigenvalue weighted by atomic mass is 32.2. The first kappa shape index (κ1) is 21.7. The van der Waals surface area contributed by atoms with Gasteiger partial charge in [-0.25, -0.2) is 13.1 Å². The molecule has 0 bridgehead atoms. The number of carbonyl (C=O) groups is 1. The van der Waals surface area contributed by atoms with Crippen LogP contribution in [0.2, 0.25) is 0 Å². The number of aryl methyl sites for hydroxylation is 1. The Morgan fingerprint density at radius 3 is 2.39 bits per heavy atom. The Morgan fingerprint density at radius 1 is 1.00 bits per heavy atom. The predicted molar refractivity (Wildman–Crippen MR) is 107 cm³/mol. The molecule has 0 aliphatic heterocycles. The van der Waals surface area contributed by atoms with E-state index in [-0.39, 0.29) is 30.5 Å². The van der Waals surface area contributed by atoms with Gasteiger partial charge in [-0.1, -0.05) is 12.1 Å². The second-order valence-corrected chi connectivity index (χ2v) is 7.91. The predicted octanol–water partition coefficient (Wildman–Crippen LogP) is 2.18. The molecule has 2 rings (SSSR count). The average molecular weight is 407 g/mol. The molecule has 0 radical (unpaired) electrons. The highest BCUT2D eigenvalue weighted by Crippen LogP contribution is 2.20. The minimum absolute atomic E-state index is 0.0742. The number of hydrogen-bond donors (Lipinski definition) is 2. The van der Waals surface area contributed by atoms with Crippen molar-refractivity contribution in [1.82, 2.24) is 10.0 Å². The van der Waals surface area contributed by atoms with Gasteiger partial charge in [0.15, 0.2) is 6.61 Å². The van der Waals surface area contributed by atoms with Crippen LogP contribution in [0.1, 0.15) is 18.1 Å². The molecule has 0 heterocycles. The molecule has 0 saturated carbocycles. The number of rotatable bonds is 10. The van der Waals surface area contributed by atoms with Gasteiger partial charge in [0.1, 0.15) is 11.5 Å². The van der Waals surface area contributed by atoms with Gasteiger partial charge in [-0.3, -0.25) is 4.79 Å². The van der Waals surface area contributed by atoms with Crippen molar-refractivity contribution >= 4 is 15.9 Å². The van der Waals surface area contributed by atoms with Crippen LogP contribution >= 0.6 is 0 Å². The van der Waals surface area contributed by atoms with Crippen molar-refractivity contribution in [2.24, 2.45) is 0 Å². The highest BCUT2D eigenvalue weighted by molar-refractivity contribution is 7.89. The summed E-state index contributed by atoms with van der Waals surface area (Å²) in [4.78, 5) is 12.0. The number of amides is 1. The van der Waals surface area contributed by atoms with Crippen LogP contribution in [0.5, 0.6) is 11.5 Å². The Hall–Kier alpha value is -2.58. The van der Waals surface area contributed by atoms with Crippen LogP contribution in [0.15, 0.2) is 47.4 Å². The Bertz CT molecular complexity index is 895. The summed E-state index contributed by atoms with van der Waals surface area (Å²) in [5, 5.41) is 2.63. The second kappa shape index (κ2) is 10.1. The summed E-state index contributed by atoms with van der Waals surface area (Å²) in [5.74, 6) is 0.949. The summed E-state index contributed by atoms with van der Waals surface area (Å²) in [6.45, 7) is 6.37. The molecule has 2 aromatic rings. The number of nitrogens with one attached hydrogen (secondary N) is 2. The Balaban J connectivity index is 1.75. The van der Waals surface area contributed by atoms with Crippen molar-refractivity contribution in [3.05, 3.63) is 53.6 Å². The summed E-state index contributed by atoms with van der Waals surface area (Å²) < 4.78 is 37.7. The van der Waals surface area contributed by atoms with Crippen molar-refractivity contribution in [2.45, 2.75) is 25.7 Å². The highest BCUT2D eigenvalue weighted by Gasteiger charge is 2.13. The summed E-state index contributed by atoms with van der Waals surface area (Å²) in [5.41, 5.74) is 2.07. The van der Waals surface area contributed by atoms with E-state index < -0.39 is 10.0 Å². The van der Waals surface area contributed by atoms with Crippen LogP contribution in [0.3, 0.4) is 0 Å². The topological polar surface area (TPSA) is 93.7 Å². The van der Waals surface area contributed by atoms with E-state index in [1.165, 1.54) is 12.1 Å². The van der Waals surface area contributed by atoms with E-state index in [2.05, 4.69) is 10.0 Å². The van der Waals surface area contributed by atoms with E-state index in [9.17, 15) is 13.2 Å². The largest absolute Gasteiger partial charge is 0.494 e. The van der Waals surface area contributed by atoms with Gasteiger partial charge < -0.3 is 14.8 Å². The number of ether oxygens (including phenoxy) is 2. The van der Waals surface area contributed by atoms with Crippen LogP contribution in [0, 0.1) is 13.8 Å². The number of hydrogen-bond acceptors (Lipinski definition) is 5. The summed E-state index contributed by atoms with van der Waals surface area (Å²) in [7, 11) is -3.64. The molecule has 1 amide bonds. The second-order valence-electron chi connectivity index (χ2n) is 6.14. The van der Waals surface area contributed by atoms with Crippen molar-refractivity contribution in [3.8, 4) is 11.5 Å². The molecule has 0 atom stereocenters. The fraction of sp³-hybridized carbons (Fsp3) is 0.350. The molecule has 7 nitrogen and oxygen atoms in total. The van der Waals surface area contributed by atoms with Gasteiger partial charge in [-0.05, 0) is 62.2 Å². The van der Waals surface area contributed by atoms with Crippen molar-refractivity contribution in [3.63, 3.8) is 0 Å². The molecule has 0 spiro atoms. The van der Waals surface area contributed by atoms with Gasteiger partial charge in [-0.2, -0.15) is 0 Å². The smallest absolute Gasteiger partial charge is 0.257 e. The normalized spacial score (nSPS) is 11.1. The number of carbonyl (C=O) groups excluding carboxylic acids is 1. The first-order valence-electron chi connectivity index (χ1n) is 9.01. The van der Waals surface area contributed by atoms with E-state index in [1.807, 2.05) is 32.9 Å². The van der Waals surface area contributed by atoms with Crippen LogP contribution in [0.25, 0.3) is 0 Å². The average Bonchev–Trinajstić information content (AvgIpc) is 2.67. The third-order valence-corrected chi connectivity index (χ3v) is 5.57. The summed E-state index contributed by atoms with van der Waals surface area (Å²) in [6.07, 6.45) is 0. The Kier molecular flexibility index (Phi) is 7.83. The molecule has 2 N–H and O–H groups in total. The molecule has 0 aliphatic rings. The third-order valence-electron chi connectivity index (χ3n) is 4.10. The third kappa shape index (κ3) is 6.24. The fourth-order valence-corrected chi connectivity index (χ4v) is 3.46. The standard InChI is InChI=1S/C20H26N2O5S/c1-4-26-17-8-10-18(11-9-17)28(24,25)22-13-12-21-20(23)14-27-19-7-5-6-15(2)16(19)3/h5-11,22H,4,12-14H2,1-3H3,(H,21,23). The molecule has 0 aliphatic carbocycles. The number of benzene rings is 2. The lowest BCUT2D eigenvalue weighted by Gasteiger charge is -2.11. The van der Waals surface area contributed by atoms with E-state index in [1.54, 1.807) is 18.2 Å². The van der Waals surface area contributed by atoms with Gasteiger partial charge in [0.2, 0.25) is 10.0 Å². The minimum Gasteiger partial charge on any atom is -0.494 e. The molecule has 0 saturated heterocycles. The van der Waals surface area contributed by atoms with Gasteiger partial charge in [-0.15, -0.1) is 0 Å². The zero-order valence-electron chi connectivity index (χ0n) is 16.3. The van der Waals surface area contributed by atoms with Crippen molar-refractivity contribution in [1.29, 1.82) is 0 Å². The lowest BCUT2D eigenvalue weighted by molar-refractivity contribution is -0.123. The van der Waals surface area contributed by atoms with E-state index in [0.29, 0.717) is 18.1 Å². The first-order chi connectivity index (χ1) is 13.3.